The Morgan fingerprint density at radius 2 is 1.56 bits per heavy atom. The Morgan fingerprint density at radius 1 is 0.839 bits per heavy atom. The number of phenols is 1. The first-order chi connectivity index (χ1) is 29.9. The van der Waals surface area contributed by atoms with E-state index in [-0.39, 0.29) is 29.4 Å². The number of nitrogens with zero attached hydrogens (tertiary/aromatic N) is 7. The number of aliphatic hydroxyl groups is 1. The normalized spacial score (nSPS) is 21.2. The number of fused-ring (bicyclic) bond motifs is 4. The maximum atomic E-state index is 13.9. The van der Waals surface area contributed by atoms with Crippen molar-refractivity contribution < 1.29 is 14.6 Å². The minimum Gasteiger partial charge on any atom is -0.508 e. The first kappa shape index (κ1) is 41.0. The standard InChI is InChI=1S/C50H53ClFN7O2S/c1-30-32(3)62-49-45(30)47(53-31(2)48-55-54-33(4)59(48)49)35-7-13-39(14-8-35)57-21-19-50(61,20-22-57)29-56-23-25-58(26-24-56)44-18-10-37(28-43(44)51)46-41(34-5-11-38(52)12-6-34)16-9-36-27-40(60)15-17-42(36)46/h5-8,10-15,17-18,27-28,31,41,46,60-61H,9,16,19-26,29H2,1-4H3/t31-,41?,46?/m0/s1. The van der Waals surface area contributed by atoms with Crippen LogP contribution in [0, 0.1) is 26.6 Å². The van der Waals surface area contributed by atoms with Crippen LogP contribution in [0.2, 0.25) is 5.02 Å². The van der Waals surface area contributed by atoms with E-state index in [1.807, 2.05) is 31.2 Å². The molecule has 9 nitrogen and oxygen atoms in total. The number of phenolic OH excluding ortho intramolecular Hbond substituents is 1. The maximum absolute atomic E-state index is 13.9. The summed E-state index contributed by atoms with van der Waals surface area (Å²) in [6.07, 6.45) is 3.17. The second kappa shape index (κ2) is 16.2. The molecule has 10 rings (SSSR count). The average Bonchev–Trinajstić information content (AvgIpc) is 3.76. The highest BCUT2D eigenvalue weighted by Gasteiger charge is 2.37. The van der Waals surface area contributed by atoms with Gasteiger partial charge in [-0.2, -0.15) is 0 Å². The lowest BCUT2D eigenvalue weighted by molar-refractivity contribution is -0.0173. The lowest BCUT2D eigenvalue weighted by atomic mass is 9.69. The Kier molecular flexibility index (Phi) is 10.7. The summed E-state index contributed by atoms with van der Waals surface area (Å²) in [6, 6.07) is 27.7. The van der Waals surface area contributed by atoms with Crippen LogP contribution in [0.25, 0.3) is 5.00 Å². The van der Waals surface area contributed by atoms with Gasteiger partial charge in [0, 0.05) is 73.4 Å². The number of benzene rings is 4. The van der Waals surface area contributed by atoms with Gasteiger partial charge in [0.25, 0.3) is 0 Å². The number of rotatable bonds is 7. The quantitative estimate of drug-likeness (QED) is 0.165. The molecule has 320 valence electrons. The fraction of sp³-hybridized carbons (Fsp3) is 0.380. The van der Waals surface area contributed by atoms with Gasteiger partial charge < -0.3 is 20.0 Å². The molecular weight excluding hydrogens is 817 g/mol. The van der Waals surface area contributed by atoms with Crippen LogP contribution >= 0.6 is 22.9 Å². The Balaban J connectivity index is 0.773. The summed E-state index contributed by atoms with van der Waals surface area (Å²) in [6.45, 7) is 14.1. The van der Waals surface area contributed by atoms with Crippen LogP contribution in [-0.4, -0.2) is 87.0 Å². The zero-order valence-electron chi connectivity index (χ0n) is 35.8. The van der Waals surface area contributed by atoms with E-state index in [1.54, 1.807) is 29.5 Å². The summed E-state index contributed by atoms with van der Waals surface area (Å²) in [7, 11) is 0. The SMILES string of the molecule is Cc1sc2c(c1C)C(c1ccc(N3CCC(O)(CN4CCN(c5ccc(C6c7ccc(O)cc7CCC6c6ccc(F)cc6)cc5Cl)CC4)CC3)cc1)=N[C@@H](C)c1nnc(C)n1-2. The van der Waals surface area contributed by atoms with E-state index in [2.05, 4.69) is 92.7 Å². The molecule has 2 fully saturated rings. The van der Waals surface area contributed by atoms with Gasteiger partial charge in [-0.15, -0.1) is 21.5 Å². The van der Waals surface area contributed by atoms with Crippen molar-refractivity contribution in [2.75, 3.05) is 55.6 Å². The van der Waals surface area contributed by atoms with Crippen molar-refractivity contribution in [1.29, 1.82) is 0 Å². The highest BCUT2D eigenvalue weighted by Crippen LogP contribution is 2.48. The molecule has 4 aliphatic rings. The molecule has 0 bridgehead atoms. The summed E-state index contributed by atoms with van der Waals surface area (Å²) in [5.41, 5.74) is 10.5. The van der Waals surface area contributed by atoms with E-state index < -0.39 is 5.60 Å². The number of anilines is 2. The molecule has 6 aromatic rings. The van der Waals surface area contributed by atoms with Crippen LogP contribution in [0.1, 0.15) is 99.5 Å². The van der Waals surface area contributed by atoms with E-state index in [4.69, 9.17) is 16.6 Å². The van der Waals surface area contributed by atoms with E-state index in [0.29, 0.717) is 19.4 Å². The molecule has 5 heterocycles. The van der Waals surface area contributed by atoms with Crippen molar-refractivity contribution in [1.82, 2.24) is 19.7 Å². The summed E-state index contributed by atoms with van der Waals surface area (Å²) in [4.78, 5) is 13.7. The number of aryl methyl sites for hydroxylation is 3. The van der Waals surface area contributed by atoms with Crippen LogP contribution < -0.4 is 9.80 Å². The molecule has 3 atom stereocenters. The van der Waals surface area contributed by atoms with Crippen molar-refractivity contribution >= 4 is 40.0 Å². The van der Waals surface area contributed by atoms with Gasteiger partial charge in [0.1, 0.15) is 28.4 Å². The fourth-order valence-corrected chi connectivity index (χ4v) is 12.0. The number of aliphatic imine (C=N–C) groups is 1. The van der Waals surface area contributed by atoms with E-state index in [0.717, 1.165) is 107 Å². The van der Waals surface area contributed by atoms with Crippen molar-refractivity contribution in [2.24, 2.45) is 4.99 Å². The van der Waals surface area contributed by atoms with Gasteiger partial charge in [-0.3, -0.25) is 14.5 Å². The highest BCUT2D eigenvalue weighted by molar-refractivity contribution is 7.15. The molecule has 2 unspecified atom stereocenters. The van der Waals surface area contributed by atoms with Crippen LogP contribution in [0.5, 0.6) is 5.75 Å². The Bertz CT molecular complexity index is 2660. The summed E-state index contributed by atoms with van der Waals surface area (Å²) >= 11 is 8.91. The number of hydrogen-bond donors (Lipinski definition) is 2. The first-order valence-electron chi connectivity index (χ1n) is 22.0. The topological polar surface area (TPSA) is 93.2 Å². The van der Waals surface area contributed by atoms with Crippen molar-refractivity contribution in [3.63, 3.8) is 0 Å². The molecule has 2 aromatic heterocycles. The number of thiophene rings is 1. The zero-order chi connectivity index (χ0) is 42.9. The molecule has 0 spiro atoms. The van der Waals surface area contributed by atoms with Crippen LogP contribution in [0.3, 0.4) is 0 Å². The maximum Gasteiger partial charge on any atom is 0.162 e. The lowest BCUT2D eigenvalue weighted by Crippen LogP contribution is -2.55. The van der Waals surface area contributed by atoms with Crippen molar-refractivity contribution in [2.45, 2.75) is 76.9 Å². The molecule has 0 radical (unpaired) electrons. The Labute approximate surface area is 372 Å². The van der Waals surface area contributed by atoms with Crippen molar-refractivity contribution in [3.8, 4) is 10.8 Å². The number of aromatic hydroxyl groups is 1. The second-order valence-electron chi connectivity index (χ2n) is 17.8. The lowest BCUT2D eigenvalue weighted by Gasteiger charge is -2.44. The van der Waals surface area contributed by atoms with Crippen LogP contribution in [0.4, 0.5) is 15.8 Å². The molecule has 3 aliphatic heterocycles. The smallest absolute Gasteiger partial charge is 0.162 e. The molecule has 0 amide bonds. The molecule has 2 N–H and O–H groups in total. The molecule has 1 aliphatic carbocycles. The Morgan fingerprint density at radius 3 is 2.29 bits per heavy atom. The predicted octanol–water partition coefficient (Wildman–Crippen LogP) is 9.68. The molecule has 0 saturated carbocycles. The zero-order valence-corrected chi connectivity index (χ0v) is 37.4. The molecule has 12 heteroatoms. The molecular formula is C50H53ClFN7O2S. The largest absolute Gasteiger partial charge is 0.508 e. The fourth-order valence-electron chi connectivity index (χ4n) is 10.5. The summed E-state index contributed by atoms with van der Waals surface area (Å²) < 4.78 is 16.1. The minimum atomic E-state index is -0.737. The monoisotopic (exact) mass is 869 g/mol. The highest BCUT2D eigenvalue weighted by atomic mass is 35.5. The minimum absolute atomic E-state index is 0.0310. The third-order valence-corrected chi connectivity index (χ3v) is 15.5. The molecule has 2 saturated heterocycles. The number of piperidine rings is 1. The van der Waals surface area contributed by atoms with Gasteiger partial charge in [0.05, 0.1) is 22.0 Å². The number of aromatic nitrogens is 3. The molecule has 62 heavy (non-hydrogen) atoms. The number of halogens is 2. The van der Waals surface area contributed by atoms with Gasteiger partial charge in [-0.1, -0.05) is 48.0 Å². The molecule has 4 aromatic carbocycles. The van der Waals surface area contributed by atoms with Gasteiger partial charge in [0.15, 0.2) is 5.82 Å². The number of hydrogen-bond acceptors (Lipinski definition) is 9. The van der Waals surface area contributed by atoms with Gasteiger partial charge >= 0.3 is 0 Å². The summed E-state index contributed by atoms with van der Waals surface area (Å²) in [5, 5.41) is 32.9. The first-order valence-corrected chi connectivity index (χ1v) is 23.1. The van der Waals surface area contributed by atoms with Crippen molar-refractivity contribution in [3.05, 3.63) is 151 Å². The van der Waals surface area contributed by atoms with E-state index >= 15 is 0 Å². The third kappa shape index (κ3) is 7.50. The average molecular weight is 871 g/mol. The third-order valence-electron chi connectivity index (χ3n) is 14.0. The predicted molar refractivity (Wildman–Crippen MR) is 248 cm³/mol. The van der Waals surface area contributed by atoms with E-state index in [9.17, 15) is 14.6 Å². The Hall–Kier alpha value is -5.07. The van der Waals surface area contributed by atoms with Gasteiger partial charge in [0.2, 0.25) is 0 Å². The van der Waals surface area contributed by atoms with Crippen LogP contribution in [-0.2, 0) is 6.42 Å². The summed E-state index contributed by atoms with van der Waals surface area (Å²) in [5.74, 6) is 1.98. The van der Waals surface area contributed by atoms with Gasteiger partial charge in [-0.25, -0.2) is 4.39 Å². The number of piperazine rings is 1. The van der Waals surface area contributed by atoms with Gasteiger partial charge in [-0.05, 0) is 136 Å². The van der Waals surface area contributed by atoms with E-state index in [1.165, 1.54) is 27.3 Å². The number of β-amino-alcohol motifs (C(OH)–C–C–N with tert-alkyl or cyclic N) is 1. The second-order valence-corrected chi connectivity index (χ2v) is 19.5. The van der Waals surface area contributed by atoms with Crippen LogP contribution in [0.15, 0.2) is 89.9 Å².